The number of pyridine rings is 1. The van der Waals surface area contributed by atoms with E-state index in [0.29, 0.717) is 29.1 Å². The zero-order valence-corrected chi connectivity index (χ0v) is 19.1. The van der Waals surface area contributed by atoms with Crippen LogP contribution in [0.2, 0.25) is 0 Å². The monoisotopic (exact) mass is 459 g/mol. The van der Waals surface area contributed by atoms with Gasteiger partial charge in [-0.25, -0.2) is 4.39 Å². The van der Waals surface area contributed by atoms with Crippen LogP contribution in [0.5, 0.6) is 5.75 Å². The molecule has 0 aliphatic rings. The SMILES string of the molecule is CCc1ccc(NCc2cc3ccc(OC)cc3n(CC(=O)Nc3cccc(F)c3)c2=O)cc1. The highest BCUT2D eigenvalue weighted by atomic mass is 19.1. The lowest BCUT2D eigenvalue weighted by Crippen LogP contribution is -2.30. The van der Waals surface area contributed by atoms with Crippen LogP contribution in [0.4, 0.5) is 15.8 Å². The topological polar surface area (TPSA) is 72.4 Å². The average molecular weight is 460 g/mol. The second kappa shape index (κ2) is 10.2. The van der Waals surface area contributed by atoms with Gasteiger partial charge in [0.15, 0.2) is 0 Å². The Kier molecular flexibility index (Phi) is 6.92. The number of rotatable bonds is 8. The number of fused-ring (bicyclic) bond motifs is 1. The smallest absolute Gasteiger partial charge is 0.256 e. The lowest BCUT2D eigenvalue weighted by molar-refractivity contribution is -0.116. The molecule has 4 rings (SSSR count). The van der Waals surface area contributed by atoms with E-state index in [0.717, 1.165) is 17.5 Å². The molecule has 0 unspecified atom stereocenters. The van der Waals surface area contributed by atoms with Gasteiger partial charge in [0.25, 0.3) is 5.56 Å². The quantitative estimate of drug-likeness (QED) is 0.391. The summed E-state index contributed by atoms with van der Waals surface area (Å²) in [6, 6.07) is 20.9. The Hall–Kier alpha value is -4.13. The maximum Gasteiger partial charge on any atom is 0.256 e. The summed E-state index contributed by atoms with van der Waals surface area (Å²) >= 11 is 0. The lowest BCUT2D eigenvalue weighted by atomic mass is 10.1. The number of methoxy groups -OCH3 is 1. The molecule has 4 aromatic rings. The van der Waals surface area contributed by atoms with Gasteiger partial charge in [-0.15, -0.1) is 0 Å². The van der Waals surface area contributed by atoms with Crippen molar-refractivity contribution in [2.75, 3.05) is 17.7 Å². The first kappa shape index (κ1) is 23.0. The van der Waals surface area contributed by atoms with Crippen LogP contribution in [0, 0.1) is 5.82 Å². The predicted molar refractivity (Wildman–Crippen MR) is 133 cm³/mol. The Labute approximate surface area is 197 Å². The van der Waals surface area contributed by atoms with E-state index in [4.69, 9.17) is 4.74 Å². The van der Waals surface area contributed by atoms with Crippen LogP contribution < -0.4 is 20.9 Å². The summed E-state index contributed by atoms with van der Waals surface area (Å²) in [5.74, 6) is -0.310. The minimum atomic E-state index is -0.454. The number of aromatic nitrogens is 1. The third-order valence-electron chi connectivity index (χ3n) is 5.63. The molecular formula is C27H26FN3O3. The molecule has 0 bridgehead atoms. The molecule has 3 aromatic carbocycles. The van der Waals surface area contributed by atoms with Crippen LogP contribution in [0.15, 0.2) is 77.6 Å². The van der Waals surface area contributed by atoms with Gasteiger partial charge in [0.05, 0.1) is 12.6 Å². The van der Waals surface area contributed by atoms with Crippen LogP contribution in [0.25, 0.3) is 10.9 Å². The van der Waals surface area contributed by atoms with Crippen molar-refractivity contribution < 1.29 is 13.9 Å². The molecule has 0 radical (unpaired) electrons. The van der Waals surface area contributed by atoms with E-state index < -0.39 is 11.7 Å². The maximum absolute atomic E-state index is 13.5. The maximum atomic E-state index is 13.5. The second-order valence-corrected chi connectivity index (χ2v) is 7.95. The van der Waals surface area contributed by atoms with Crippen molar-refractivity contribution in [2.24, 2.45) is 0 Å². The van der Waals surface area contributed by atoms with Gasteiger partial charge in [0, 0.05) is 29.5 Å². The first-order chi connectivity index (χ1) is 16.5. The molecule has 6 nitrogen and oxygen atoms in total. The molecular weight excluding hydrogens is 433 g/mol. The Bertz CT molecular complexity index is 1380. The fraction of sp³-hybridized carbons (Fsp3) is 0.185. The fourth-order valence-electron chi connectivity index (χ4n) is 3.79. The van der Waals surface area contributed by atoms with Gasteiger partial charge < -0.3 is 15.4 Å². The zero-order chi connectivity index (χ0) is 24.1. The van der Waals surface area contributed by atoms with E-state index in [1.54, 1.807) is 19.2 Å². The van der Waals surface area contributed by atoms with Crippen LogP contribution in [0.1, 0.15) is 18.1 Å². The summed E-state index contributed by atoms with van der Waals surface area (Å²) in [6.07, 6.45) is 0.955. The molecule has 2 N–H and O–H groups in total. The van der Waals surface area contributed by atoms with Crippen molar-refractivity contribution in [1.29, 1.82) is 0 Å². The summed E-state index contributed by atoms with van der Waals surface area (Å²) < 4.78 is 20.2. The van der Waals surface area contributed by atoms with Gasteiger partial charge in [0.1, 0.15) is 18.1 Å². The molecule has 0 saturated heterocycles. The van der Waals surface area contributed by atoms with Gasteiger partial charge in [-0.2, -0.15) is 0 Å². The molecule has 1 amide bonds. The van der Waals surface area contributed by atoms with E-state index in [1.165, 1.54) is 28.3 Å². The zero-order valence-electron chi connectivity index (χ0n) is 19.1. The number of hydrogen-bond donors (Lipinski definition) is 2. The molecule has 1 aromatic heterocycles. The standard InChI is InChI=1S/C27H26FN3O3/c1-3-18-7-10-22(11-8-18)29-16-20-13-19-9-12-24(34-2)15-25(19)31(27(20)33)17-26(32)30-23-6-4-5-21(28)14-23/h4-15,29H,3,16-17H2,1-2H3,(H,30,32). The summed E-state index contributed by atoms with van der Waals surface area (Å²) in [5.41, 5.74) is 3.28. The number of aryl methyl sites for hydroxylation is 1. The van der Waals surface area contributed by atoms with Gasteiger partial charge in [0.2, 0.25) is 5.91 Å². The number of amides is 1. The van der Waals surface area contributed by atoms with Crippen LogP contribution in [-0.2, 0) is 24.3 Å². The Morgan fingerprint density at radius 3 is 2.50 bits per heavy atom. The Balaban J connectivity index is 1.65. The van der Waals surface area contributed by atoms with E-state index >= 15 is 0 Å². The summed E-state index contributed by atoms with van der Waals surface area (Å²) in [5, 5.41) is 6.74. The molecule has 7 heteroatoms. The largest absolute Gasteiger partial charge is 0.497 e. The number of nitrogens with one attached hydrogen (secondary N) is 2. The highest BCUT2D eigenvalue weighted by Crippen LogP contribution is 2.21. The minimum Gasteiger partial charge on any atom is -0.497 e. The molecule has 0 atom stereocenters. The van der Waals surface area contributed by atoms with Crippen molar-refractivity contribution >= 4 is 28.2 Å². The number of anilines is 2. The summed E-state index contributed by atoms with van der Waals surface area (Å²) in [4.78, 5) is 26.1. The van der Waals surface area contributed by atoms with Crippen LogP contribution in [-0.4, -0.2) is 17.6 Å². The molecule has 174 valence electrons. The van der Waals surface area contributed by atoms with Crippen LogP contribution >= 0.6 is 0 Å². The first-order valence-electron chi connectivity index (χ1n) is 11.1. The first-order valence-corrected chi connectivity index (χ1v) is 11.1. The van der Waals surface area contributed by atoms with Crippen molar-refractivity contribution in [1.82, 2.24) is 4.57 Å². The molecule has 34 heavy (non-hydrogen) atoms. The van der Waals surface area contributed by atoms with Crippen molar-refractivity contribution in [3.8, 4) is 5.75 Å². The van der Waals surface area contributed by atoms with Crippen molar-refractivity contribution in [3.05, 3.63) is 100 Å². The molecule has 0 spiro atoms. The number of carbonyl (C=O) groups excluding carboxylic acids is 1. The molecule has 0 aliphatic heterocycles. The van der Waals surface area contributed by atoms with Crippen molar-refractivity contribution in [2.45, 2.75) is 26.4 Å². The normalized spacial score (nSPS) is 10.8. The molecule has 0 aliphatic carbocycles. The number of hydrogen-bond acceptors (Lipinski definition) is 4. The van der Waals surface area contributed by atoms with Gasteiger partial charge in [-0.1, -0.05) is 25.1 Å². The third-order valence-corrected chi connectivity index (χ3v) is 5.63. The minimum absolute atomic E-state index is 0.224. The fourth-order valence-corrected chi connectivity index (χ4v) is 3.79. The highest BCUT2D eigenvalue weighted by molar-refractivity contribution is 5.92. The molecule has 0 saturated carbocycles. The molecule has 1 heterocycles. The van der Waals surface area contributed by atoms with E-state index in [9.17, 15) is 14.0 Å². The summed E-state index contributed by atoms with van der Waals surface area (Å²) in [7, 11) is 1.54. The third kappa shape index (κ3) is 5.26. The number of benzene rings is 3. The van der Waals surface area contributed by atoms with E-state index in [2.05, 4.69) is 17.6 Å². The molecule has 0 fully saturated rings. The average Bonchev–Trinajstić information content (AvgIpc) is 2.84. The van der Waals surface area contributed by atoms with Gasteiger partial charge >= 0.3 is 0 Å². The second-order valence-electron chi connectivity index (χ2n) is 7.95. The Morgan fingerprint density at radius 1 is 1.00 bits per heavy atom. The van der Waals surface area contributed by atoms with Gasteiger partial charge in [-0.05, 0) is 65.9 Å². The number of ether oxygens (including phenoxy) is 1. The van der Waals surface area contributed by atoms with Crippen molar-refractivity contribution in [3.63, 3.8) is 0 Å². The number of carbonyl (C=O) groups is 1. The number of nitrogens with zero attached hydrogens (tertiary/aromatic N) is 1. The summed E-state index contributed by atoms with van der Waals surface area (Å²) in [6.45, 7) is 2.18. The van der Waals surface area contributed by atoms with Gasteiger partial charge in [-0.3, -0.25) is 14.2 Å². The van der Waals surface area contributed by atoms with Crippen LogP contribution in [0.3, 0.4) is 0 Å². The van der Waals surface area contributed by atoms with E-state index in [1.807, 2.05) is 42.5 Å². The highest BCUT2D eigenvalue weighted by Gasteiger charge is 2.14. The Morgan fingerprint density at radius 2 is 1.79 bits per heavy atom. The lowest BCUT2D eigenvalue weighted by Gasteiger charge is -2.15. The number of halogens is 1. The predicted octanol–water partition coefficient (Wildman–Crippen LogP) is 4.96. The van der Waals surface area contributed by atoms with E-state index in [-0.39, 0.29) is 12.1 Å².